The average molecular weight is 578 g/mol. The van der Waals surface area contributed by atoms with E-state index < -0.39 is 10.0 Å². The summed E-state index contributed by atoms with van der Waals surface area (Å²) >= 11 is 3.32. The number of aryl methyl sites for hydroxylation is 3. The van der Waals surface area contributed by atoms with Crippen molar-refractivity contribution in [3.63, 3.8) is 0 Å². The lowest BCUT2D eigenvalue weighted by Crippen LogP contribution is -2.32. The fourth-order valence-electron chi connectivity index (χ4n) is 4.43. The predicted molar refractivity (Wildman–Crippen MR) is 137 cm³/mol. The van der Waals surface area contributed by atoms with Gasteiger partial charge in [0.2, 0.25) is 10.0 Å². The van der Waals surface area contributed by atoms with Gasteiger partial charge in [0.05, 0.1) is 6.54 Å². The third-order valence-electron chi connectivity index (χ3n) is 6.59. The normalized spacial score (nSPS) is 15.6. The highest BCUT2D eigenvalue weighted by Gasteiger charge is 2.29. The second kappa shape index (κ2) is 10.0. The molecule has 1 aliphatic carbocycles. The number of hydrogen-bond donors (Lipinski definition) is 2. The van der Waals surface area contributed by atoms with Gasteiger partial charge in [0.25, 0.3) is 5.56 Å². The molecule has 0 atom stereocenters. The first kappa shape index (κ1) is 25.0. The Kier molecular flexibility index (Phi) is 6.97. The molecule has 11 nitrogen and oxygen atoms in total. The Bertz CT molecular complexity index is 1460. The number of pyridine rings is 1. The summed E-state index contributed by atoms with van der Waals surface area (Å²) in [4.78, 5) is 26.4. The Balaban J connectivity index is 1.30. The second-order valence-corrected chi connectivity index (χ2v) is 11.9. The molecule has 0 spiro atoms. The highest BCUT2D eigenvalue weighted by atomic mass is 79.9. The molecule has 3 aromatic heterocycles. The standard InChI is InChI=1S/C23H29BrN8O3S/c1-14-17(23(33)32-10-4-3-5-19(32)28-14)8-9-25-22-18(11-16(24)12-26-22)36(34,35)27-13-20-29-21(15-6-7-15)30-31(20)2/h11-12,15,27H,3-10,13H2,1-2H3,(H,25,26). The Morgan fingerprint density at radius 3 is 2.81 bits per heavy atom. The molecular formula is C23H29BrN8O3S. The second-order valence-electron chi connectivity index (χ2n) is 9.29. The molecule has 1 saturated carbocycles. The van der Waals surface area contributed by atoms with Gasteiger partial charge < -0.3 is 5.32 Å². The highest BCUT2D eigenvalue weighted by Crippen LogP contribution is 2.38. The van der Waals surface area contributed by atoms with E-state index in [1.807, 2.05) is 6.92 Å². The van der Waals surface area contributed by atoms with E-state index in [-0.39, 0.29) is 22.8 Å². The molecule has 13 heteroatoms. The molecule has 36 heavy (non-hydrogen) atoms. The maximum Gasteiger partial charge on any atom is 0.256 e. The molecule has 2 N–H and O–H groups in total. The van der Waals surface area contributed by atoms with Crippen molar-refractivity contribution in [3.8, 4) is 0 Å². The van der Waals surface area contributed by atoms with Crippen LogP contribution in [0.5, 0.6) is 0 Å². The van der Waals surface area contributed by atoms with Gasteiger partial charge in [0.15, 0.2) is 5.82 Å². The van der Waals surface area contributed by atoms with Crippen LogP contribution in [0.25, 0.3) is 0 Å². The predicted octanol–water partition coefficient (Wildman–Crippen LogP) is 2.18. The number of fused-ring (bicyclic) bond motifs is 1. The van der Waals surface area contributed by atoms with Crippen molar-refractivity contribution < 1.29 is 8.42 Å². The minimum absolute atomic E-state index is 0.00785. The molecule has 0 bridgehead atoms. The van der Waals surface area contributed by atoms with Crippen LogP contribution in [-0.4, -0.2) is 44.3 Å². The quantitative estimate of drug-likeness (QED) is 0.395. The third kappa shape index (κ3) is 5.23. The Labute approximate surface area is 217 Å². The lowest BCUT2D eigenvalue weighted by molar-refractivity contribution is 0.489. The zero-order chi connectivity index (χ0) is 25.4. The number of aromatic nitrogens is 6. The van der Waals surface area contributed by atoms with E-state index in [1.54, 1.807) is 16.3 Å². The maximum absolute atomic E-state index is 13.2. The van der Waals surface area contributed by atoms with Gasteiger partial charge in [0.1, 0.15) is 22.4 Å². The number of nitrogens with zero attached hydrogens (tertiary/aromatic N) is 6. The van der Waals surface area contributed by atoms with Crippen LogP contribution in [0, 0.1) is 6.92 Å². The zero-order valence-electron chi connectivity index (χ0n) is 20.3. The van der Waals surface area contributed by atoms with Crippen LogP contribution in [0.15, 0.2) is 26.4 Å². The van der Waals surface area contributed by atoms with Crippen LogP contribution >= 0.6 is 15.9 Å². The van der Waals surface area contributed by atoms with Crippen LogP contribution in [0.2, 0.25) is 0 Å². The molecule has 1 aliphatic heterocycles. The van der Waals surface area contributed by atoms with Crippen LogP contribution < -0.4 is 15.6 Å². The van der Waals surface area contributed by atoms with Gasteiger partial charge in [-0.05, 0) is 61.0 Å². The number of halogens is 1. The lowest BCUT2D eigenvalue weighted by Gasteiger charge is -2.19. The fraction of sp³-hybridized carbons (Fsp3) is 0.522. The summed E-state index contributed by atoms with van der Waals surface area (Å²) in [5.41, 5.74) is 1.36. The summed E-state index contributed by atoms with van der Waals surface area (Å²) < 4.78 is 33.0. The molecule has 4 heterocycles. The number of anilines is 1. The van der Waals surface area contributed by atoms with E-state index in [4.69, 9.17) is 0 Å². The zero-order valence-corrected chi connectivity index (χ0v) is 22.7. The molecule has 192 valence electrons. The van der Waals surface area contributed by atoms with Crippen molar-refractivity contribution >= 4 is 31.8 Å². The number of hydrogen-bond acceptors (Lipinski definition) is 8. The monoisotopic (exact) mass is 576 g/mol. The van der Waals surface area contributed by atoms with Gasteiger partial charge in [0, 0.05) is 54.4 Å². The van der Waals surface area contributed by atoms with Crippen LogP contribution in [0.1, 0.15) is 60.3 Å². The smallest absolute Gasteiger partial charge is 0.256 e. The SMILES string of the molecule is Cc1nc2n(c(=O)c1CCNc1ncc(Br)cc1S(=O)(=O)NCc1nc(C3CC3)nn1C)CCCC2. The van der Waals surface area contributed by atoms with Gasteiger partial charge in [-0.15, -0.1) is 0 Å². The first-order valence-electron chi connectivity index (χ1n) is 12.1. The summed E-state index contributed by atoms with van der Waals surface area (Å²) in [7, 11) is -2.15. The molecule has 0 saturated heterocycles. The summed E-state index contributed by atoms with van der Waals surface area (Å²) in [6, 6.07) is 1.50. The molecule has 0 radical (unpaired) electrons. The van der Waals surface area contributed by atoms with Gasteiger partial charge in [-0.3, -0.25) is 14.0 Å². The lowest BCUT2D eigenvalue weighted by atomic mass is 10.1. The average Bonchev–Trinajstić information content (AvgIpc) is 3.63. The first-order valence-corrected chi connectivity index (χ1v) is 14.4. The van der Waals surface area contributed by atoms with Crippen LogP contribution in [-0.2, 0) is 43.0 Å². The third-order valence-corrected chi connectivity index (χ3v) is 8.44. The number of sulfonamides is 1. The summed E-state index contributed by atoms with van der Waals surface area (Å²) in [5.74, 6) is 2.76. The summed E-state index contributed by atoms with van der Waals surface area (Å²) in [6.07, 6.45) is 6.93. The largest absolute Gasteiger partial charge is 0.369 e. The molecule has 3 aromatic rings. The number of rotatable bonds is 9. The first-order chi connectivity index (χ1) is 17.2. The van der Waals surface area contributed by atoms with E-state index in [9.17, 15) is 13.2 Å². The highest BCUT2D eigenvalue weighted by molar-refractivity contribution is 9.10. The van der Waals surface area contributed by atoms with E-state index in [0.717, 1.165) is 49.4 Å². The molecule has 0 amide bonds. The van der Waals surface area contributed by atoms with Crippen molar-refractivity contribution in [1.29, 1.82) is 0 Å². The topological polar surface area (TPSA) is 137 Å². The molecular weight excluding hydrogens is 548 g/mol. The Hall–Kier alpha value is -2.64. The van der Waals surface area contributed by atoms with E-state index in [1.165, 1.54) is 12.3 Å². The maximum atomic E-state index is 13.2. The van der Waals surface area contributed by atoms with E-state index >= 15 is 0 Å². The molecule has 0 unspecified atom stereocenters. The van der Waals surface area contributed by atoms with Crippen molar-refractivity contribution in [3.05, 3.63) is 55.8 Å². The molecule has 0 aromatic carbocycles. The van der Waals surface area contributed by atoms with Gasteiger partial charge in [-0.1, -0.05) is 0 Å². The number of nitrogens with one attached hydrogen (secondary N) is 2. The fourth-order valence-corrected chi connectivity index (χ4v) is 6.05. The van der Waals surface area contributed by atoms with Gasteiger partial charge >= 0.3 is 0 Å². The van der Waals surface area contributed by atoms with E-state index in [0.29, 0.717) is 41.3 Å². The van der Waals surface area contributed by atoms with Crippen molar-refractivity contribution in [1.82, 2.24) is 34.0 Å². The minimum atomic E-state index is -3.91. The summed E-state index contributed by atoms with van der Waals surface area (Å²) in [6.45, 7) is 2.90. The van der Waals surface area contributed by atoms with Crippen molar-refractivity contribution in [2.75, 3.05) is 11.9 Å². The molecule has 2 aliphatic rings. The molecule has 1 fully saturated rings. The van der Waals surface area contributed by atoms with Crippen LogP contribution in [0.3, 0.4) is 0 Å². The van der Waals surface area contributed by atoms with Gasteiger partial charge in [-0.2, -0.15) is 5.10 Å². The van der Waals surface area contributed by atoms with Crippen molar-refractivity contribution in [2.24, 2.45) is 7.05 Å². The van der Waals surface area contributed by atoms with Crippen LogP contribution in [0.4, 0.5) is 5.82 Å². The van der Waals surface area contributed by atoms with E-state index in [2.05, 4.69) is 46.0 Å². The van der Waals surface area contributed by atoms with Gasteiger partial charge in [-0.25, -0.2) is 28.1 Å². The van der Waals surface area contributed by atoms with Crippen molar-refractivity contribution in [2.45, 2.75) is 69.4 Å². The molecule has 5 rings (SSSR count). The Morgan fingerprint density at radius 2 is 2.03 bits per heavy atom. The summed E-state index contributed by atoms with van der Waals surface area (Å²) in [5, 5.41) is 7.50. The minimum Gasteiger partial charge on any atom is -0.369 e. The Morgan fingerprint density at radius 1 is 1.22 bits per heavy atom.